The molecule has 0 heterocycles. The number of esters is 1. The number of carbonyl (C=O) groups excluding carboxylic acids is 1. The van der Waals surface area contributed by atoms with Crippen LogP contribution < -0.4 is 0 Å². The highest BCUT2D eigenvalue weighted by molar-refractivity contribution is 5.85. The molecule has 4 heteroatoms. The lowest BCUT2D eigenvalue weighted by atomic mass is 9.95. The van der Waals surface area contributed by atoms with Gasteiger partial charge in [0.05, 0.1) is 7.11 Å². The van der Waals surface area contributed by atoms with E-state index in [1.807, 2.05) is 6.08 Å². The van der Waals surface area contributed by atoms with E-state index < -0.39 is 11.9 Å². The first-order valence-corrected chi connectivity index (χ1v) is 7.03. The normalized spacial score (nSPS) is 11.9. The number of allylic oxidation sites excluding steroid dienone is 1. The van der Waals surface area contributed by atoms with Crippen LogP contribution in [0, 0.1) is 5.92 Å². The second-order valence-corrected chi connectivity index (χ2v) is 4.57. The van der Waals surface area contributed by atoms with Gasteiger partial charge >= 0.3 is 11.9 Å². The van der Waals surface area contributed by atoms with Crippen LogP contribution in [0.3, 0.4) is 0 Å². The maximum atomic E-state index is 10.5. The Morgan fingerprint density at radius 1 is 1.35 bits per heavy atom. The van der Waals surface area contributed by atoms with Gasteiger partial charge in [-0.15, -0.1) is 0 Å². The summed E-state index contributed by atoms with van der Waals surface area (Å²) in [6, 6.07) is 0. The van der Waals surface area contributed by atoms with Crippen LogP contribution in [0.15, 0.2) is 24.3 Å². The van der Waals surface area contributed by atoms with E-state index in [0.29, 0.717) is 11.5 Å². The molecule has 0 aromatic heterocycles. The number of rotatable bonds is 8. The Hall–Kier alpha value is -1.58. The molecule has 0 aromatic carbocycles. The molecular formula is C16H28O4. The second-order valence-electron chi connectivity index (χ2n) is 4.57. The number of ether oxygens (including phenoxy) is 1. The number of unbranched alkanes of at least 4 members (excludes halogenated alkanes) is 1. The van der Waals surface area contributed by atoms with E-state index in [-0.39, 0.29) is 0 Å². The second kappa shape index (κ2) is 13.8. The van der Waals surface area contributed by atoms with Crippen LogP contribution in [-0.2, 0) is 14.3 Å². The van der Waals surface area contributed by atoms with Crippen LogP contribution in [-0.4, -0.2) is 24.2 Å². The molecule has 0 aliphatic rings. The summed E-state index contributed by atoms with van der Waals surface area (Å²) in [7, 11) is 1.31. The molecule has 0 rings (SSSR count). The van der Waals surface area contributed by atoms with Gasteiger partial charge in [0.2, 0.25) is 0 Å². The van der Waals surface area contributed by atoms with Crippen LogP contribution >= 0.6 is 0 Å². The van der Waals surface area contributed by atoms with E-state index in [1.165, 1.54) is 26.4 Å². The van der Waals surface area contributed by atoms with Crippen molar-refractivity contribution in [3.05, 3.63) is 24.3 Å². The summed E-state index contributed by atoms with van der Waals surface area (Å²) >= 11 is 0. The molecule has 1 unspecified atom stereocenters. The van der Waals surface area contributed by atoms with Crippen LogP contribution in [0.4, 0.5) is 0 Å². The third kappa shape index (κ3) is 12.9. The fourth-order valence-electron chi connectivity index (χ4n) is 1.50. The Labute approximate surface area is 122 Å². The van der Waals surface area contributed by atoms with Gasteiger partial charge in [0.15, 0.2) is 0 Å². The molecule has 4 nitrogen and oxygen atoms in total. The first-order chi connectivity index (χ1) is 9.42. The van der Waals surface area contributed by atoms with Gasteiger partial charge in [0.25, 0.3) is 0 Å². The highest BCUT2D eigenvalue weighted by atomic mass is 16.5. The molecule has 0 radical (unpaired) electrons. The standard InChI is InChI=1S/C12H22O2.C4H6O2/c1-4-6-7-11(5-2)9-8-10(3)12(13)14;1-3-4(5)6-2/h8,11H,4-7,9H2,1-3H3,(H,13,14);3H,1H2,2H3. The molecule has 1 N–H and O–H groups in total. The number of hydrogen-bond donors (Lipinski definition) is 1. The number of aliphatic carboxylic acids is 1. The predicted molar refractivity (Wildman–Crippen MR) is 81.5 cm³/mol. The van der Waals surface area contributed by atoms with Crippen molar-refractivity contribution in [1.82, 2.24) is 0 Å². The average molecular weight is 284 g/mol. The molecule has 0 aliphatic heterocycles. The minimum Gasteiger partial charge on any atom is -0.478 e. The fraction of sp³-hybridized carbons (Fsp3) is 0.625. The van der Waals surface area contributed by atoms with Crippen molar-refractivity contribution < 1.29 is 19.4 Å². The van der Waals surface area contributed by atoms with Gasteiger partial charge in [0, 0.05) is 11.6 Å². The Morgan fingerprint density at radius 3 is 2.25 bits per heavy atom. The number of carboxylic acids is 1. The highest BCUT2D eigenvalue weighted by Gasteiger charge is 2.05. The van der Waals surface area contributed by atoms with Crippen LogP contribution in [0.2, 0.25) is 0 Å². The third-order valence-electron chi connectivity index (χ3n) is 3.01. The summed E-state index contributed by atoms with van der Waals surface area (Å²) in [6.07, 6.45) is 8.71. The van der Waals surface area contributed by atoms with Crippen molar-refractivity contribution in [2.24, 2.45) is 5.92 Å². The lowest BCUT2D eigenvalue weighted by molar-refractivity contribution is -0.135. The van der Waals surface area contributed by atoms with Gasteiger partial charge in [-0.1, -0.05) is 52.2 Å². The van der Waals surface area contributed by atoms with Crippen molar-refractivity contribution in [3.63, 3.8) is 0 Å². The number of hydrogen-bond acceptors (Lipinski definition) is 3. The molecule has 116 valence electrons. The Morgan fingerprint density at radius 2 is 1.95 bits per heavy atom. The molecule has 0 saturated heterocycles. The smallest absolute Gasteiger partial charge is 0.330 e. The van der Waals surface area contributed by atoms with E-state index in [9.17, 15) is 9.59 Å². The highest BCUT2D eigenvalue weighted by Crippen LogP contribution is 2.17. The van der Waals surface area contributed by atoms with E-state index >= 15 is 0 Å². The molecule has 0 bridgehead atoms. The first kappa shape index (κ1) is 20.7. The van der Waals surface area contributed by atoms with Gasteiger partial charge in [-0.05, 0) is 19.3 Å². The summed E-state index contributed by atoms with van der Waals surface area (Å²) in [5, 5.41) is 8.68. The van der Waals surface area contributed by atoms with Gasteiger partial charge < -0.3 is 9.84 Å². The molecule has 0 aliphatic carbocycles. The fourth-order valence-corrected chi connectivity index (χ4v) is 1.50. The molecule has 1 atom stereocenters. The van der Waals surface area contributed by atoms with Crippen molar-refractivity contribution in [1.29, 1.82) is 0 Å². The zero-order valence-corrected chi connectivity index (χ0v) is 13.1. The van der Waals surface area contributed by atoms with Crippen LogP contribution in [0.25, 0.3) is 0 Å². The van der Waals surface area contributed by atoms with E-state index in [4.69, 9.17) is 5.11 Å². The maximum Gasteiger partial charge on any atom is 0.330 e. The van der Waals surface area contributed by atoms with Crippen molar-refractivity contribution in [2.45, 2.75) is 52.9 Å². The molecule has 0 spiro atoms. The van der Waals surface area contributed by atoms with Crippen LogP contribution in [0.1, 0.15) is 52.9 Å². The Kier molecular flexibility index (Phi) is 14.3. The number of methoxy groups -OCH3 is 1. The van der Waals surface area contributed by atoms with Gasteiger partial charge in [-0.25, -0.2) is 9.59 Å². The monoisotopic (exact) mass is 284 g/mol. The molecular weight excluding hydrogens is 256 g/mol. The first-order valence-electron chi connectivity index (χ1n) is 7.03. The summed E-state index contributed by atoms with van der Waals surface area (Å²) in [5.74, 6) is -0.533. The van der Waals surface area contributed by atoms with E-state index in [2.05, 4.69) is 25.2 Å². The van der Waals surface area contributed by atoms with E-state index in [0.717, 1.165) is 18.9 Å². The van der Waals surface area contributed by atoms with Gasteiger partial charge in [-0.2, -0.15) is 0 Å². The van der Waals surface area contributed by atoms with Gasteiger partial charge in [-0.3, -0.25) is 0 Å². The lowest BCUT2D eigenvalue weighted by Gasteiger charge is -2.11. The summed E-state index contributed by atoms with van der Waals surface area (Å²) in [4.78, 5) is 20.4. The Bertz CT molecular complexity index is 318. The van der Waals surface area contributed by atoms with Crippen molar-refractivity contribution >= 4 is 11.9 Å². The molecule has 0 amide bonds. The number of carboxylic acid groups (broad SMARTS) is 1. The Balaban J connectivity index is 0. The zero-order valence-electron chi connectivity index (χ0n) is 13.1. The van der Waals surface area contributed by atoms with Crippen molar-refractivity contribution in [2.75, 3.05) is 7.11 Å². The number of carbonyl (C=O) groups is 2. The average Bonchev–Trinajstić information content (AvgIpc) is 2.46. The maximum absolute atomic E-state index is 10.5. The summed E-state index contributed by atoms with van der Waals surface area (Å²) in [5.41, 5.74) is 0.472. The minimum atomic E-state index is -0.796. The zero-order chi connectivity index (χ0) is 16.0. The topological polar surface area (TPSA) is 63.6 Å². The lowest BCUT2D eigenvalue weighted by Crippen LogP contribution is -2.00. The van der Waals surface area contributed by atoms with Crippen molar-refractivity contribution in [3.8, 4) is 0 Å². The molecule has 0 fully saturated rings. The molecule has 20 heavy (non-hydrogen) atoms. The molecule has 0 saturated carbocycles. The quantitative estimate of drug-likeness (QED) is 0.541. The minimum absolute atomic E-state index is 0.394. The van der Waals surface area contributed by atoms with Gasteiger partial charge in [0.1, 0.15) is 0 Å². The summed E-state index contributed by atoms with van der Waals surface area (Å²) in [6.45, 7) is 9.17. The summed E-state index contributed by atoms with van der Waals surface area (Å²) < 4.78 is 4.14. The van der Waals surface area contributed by atoms with E-state index in [1.54, 1.807) is 6.92 Å². The predicted octanol–water partition coefficient (Wildman–Crippen LogP) is 3.97. The third-order valence-corrected chi connectivity index (χ3v) is 3.01. The molecule has 0 aromatic rings. The van der Waals surface area contributed by atoms with Crippen LogP contribution in [0.5, 0.6) is 0 Å². The SMILES string of the molecule is C=CC(=O)OC.CCCCC(CC)CC=C(C)C(=O)O. The largest absolute Gasteiger partial charge is 0.478 e.